The molecule has 0 unspecified atom stereocenters. The van der Waals surface area contributed by atoms with Gasteiger partial charge in [0.05, 0.1) is 39.2 Å². The first-order valence-corrected chi connectivity index (χ1v) is 23.3. The molecule has 58 heavy (non-hydrogen) atoms. The Bertz CT molecular complexity index is 1180. The highest BCUT2D eigenvalue weighted by Crippen LogP contribution is 2.33. The minimum Gasteiger partial charge on any atom is -0.390 e. The normalized spacial score (nSPS) is 20.1. The third kappa shape index (κ3) is 31.8. The third-order valence-corrected chi connectivity index (χ3v) is 12.9. The second-order valence-electron chi connectivity index (χ2n) is 22.1. The van der Waals surface area contributed by atoms with Crippen LogP contribution in [0.1, 0.15) is 244 Å². The molecule has 0 aliphatic heterocycles. The van der Waals surface area contributed by atoms with E-state index >= 15 is 0 Å². The van der Waals surface area contributed by atoms with Crippen molar-refractivity contribution in [3.8, 4) is 0 Å². The van der Waals surface area contributed by atoms with E-state index in [-0.39, 0.29) is 5.41 Å². The lowest BCUT2D eigenvalue weighted by Crippen LogP contribution is -2.31. The zero-order valence-electron chi connectivity index (χ0n) is 40.2. The highest BCUT2D eigenvalue weighted by Gasteiger charge is 2.30. The number of rotatable bonds is 35. The molecule has 344 valence electrons. The molecular formula is C51H98O7. The van der Waals surface area contributed by atoms with Crippen LogP contribution in [0.5, 0.6) is 0 Å². The quantitative estimate of drug-likeness (QED) is 0.0316. The highest BCUT2D eigenvalue weighted by molar-refractivity contribution is 5.00. The average Bonchev–Trinajstić information content (AvgIpc) is 3.03. The van der Waals surface area contributed by atoms with Crippen molar-refractivity contribution >= 4 is 0 Å². The Hall–Kier alpha value is -1.06. The minimum atomic E-state index is -0.883. The Labute approximate surface area is 358 Å². The molecular weight excluding hydrogens is 725 g/mol. The Morgan fingerprint density at radius 2 is 0.603 bits per heavy atom. The summed E-state index contributed by atoms with van der Waals surface area (Å²) in [5.74, 6) is 0. The van der Waals surface area contributed by atoms with Gasteiger partial charge in [0, 0.05) is 0 Å². The van der Waals surface area contributed by atoms with Crippen LogP contribution >= 0.6 is 0 Å². The molecule has 0 radical (unpaired) electrons. The zero-order valence-corrected chi connectivity index (χ0v) is 40.2. The second kappa shape index (κ2) is 25.8. The van der Waals surface area contributed by atoms with Gasteiger partial charge in [0.2, 0.25) is 0 Å². The van der Waals surface area contributed by atoms with Crippen LogP contribution in [0, 0.1) is 5.41 Å². The van der Waals surface area contributed by atoms with Gasteiger partial charge >= 0.3 is 0 Å². The molecule has 0 rings (SSSR count). The highest BCUT2D eigenvalue weighted by atomic mass is 16.3. The molecule has 0 aliphatic carbocycles. The lowest BCUT2D eigenvalue weighted by molar-refractivity contribution is -0.00813. The molecule has 0 aromatic rings. The van der Waals surface area contributed by atoms with Gasteiger partial charge in [0.15, 0.2) is 0 Å². The molecule has 0 aromatic carbocycles. The van der Waals surface area contributed by atoms with Crippen molar-refractivity contribution < 1.29 is 35.7 Å². The molecule has 0 spiro atoms. The zero-order chi connectivity index (χ0) is 45.0. The summed E-state index contributed by atoms with van der Waals surface area (Å²) in [5, 5.41) is 76.9. The van der Waals surface area contributed by atoms with E-state index in [1.165, 1.54) is 11.1 Å². The molecule has 0 fully saturated rings. The van der Waals surface area contributed by atoms with Crippen molar-refractivity contribution in [1.82, 2.24) is 0 Å². The van der Waals surface area contributed by atoms with Gasteiger partial charge in [-0.3, -0.25) is 0 Å². The first kappa shape index (κ1) is 56.9. The van der Waals surface area contributed by atoms with Crippen molar-refractivity contribution in [3.63, 3.8) is 0 Å². The first-order valence-electron chi connectivity index (χ1n) is 23.3. The van der Waals surface area contributed by atoms with Crippen molar-refractivity contribution in [2.75, 3.05) is 0 Å². The molecule has 0 amide bonds. The van der Waals surface area contributed by atoms with Gasteiger partial charge < -0.3 is 35.7 Å². The molecule has 0 aromatic heterocycles. The van der Waals surface area contributed by atoms with Gasteiger partial charge in [-0.25, -0.2) is 0 Å². The fourth-order valence-corrected chi connectivity index (χ4v) is 8.29. The van der Waals surface area contributed by atoms with Gasteiger partial charge in [-0.05, 0) is 235 Å². The third-order valence-electron chi connectivity index (χ3n) is 12.9. The fourth-order valence-electron chi connectivity index (χ4n) is 8.29. The van der Waals surface area contributed by atoms with Crippen LogP contribution in [0.2, 0.25) is 0 Å². The summed E-state index contributed by atoms with van der Waals surface area (Å²) in [5.41, 5.74) is -3.01. The van der Waals surface area contributed by atoms with Crippen molar-refractivity contribution in [3.05, 3.63) is 36.0 Å². The maximum absolute atomic E-state index is 11.1. The summed E-state index contributed by atoms with van der Waals surface area (Å²) in [6.07, 6.45) is 24.3. The van der Waals surface area contributed by atoms with Gasteiger partial charge in [-0.15, -0.1) is 6.58 Å². The van der Waals surface area contributed by atoms with Gasteiger partial charge in [0.25, 0.3) is 0 Å². The summed E-state index contributed by atoms with van der Waals surface area (Å²) < 4.78 is 0. The predicted molar refractivity (Wildman–Crippen MR) is 247 cm³/mol. The van der Waals surface area contributed by atoms with E-state index in [2.05, 4.69) is 53.3 Å². The maximum Gasteiger partial charge on any atom is 0.0622 e. The van der Waals surface area contributed by atoms with Crippen LogP contribution in [-0.2, 0) is 0 Å². The summed E-state index contributed by atoms with van der Waals surface area (Å²) >= 11 is 0. The van der Waals surface area contributed by atoms with Crippen molar-refractivity contribution in [1.29, 1.82) is 0 Å². The van der Waals surface area contributed by atoms with Gasteiger partial charge in [-0.1, -0.05) is 43.2 Å². The molecule has 0 saturated heterocycles. The summed E-state index contributed by atoms with van der Waals surface area (Å²) in [7, 11) is 0. The van der Waals surface area contributed by atoms with Crippen molar-refractivity contribution in [2.45, 2.75) is 283 Å². The largest absolute Gasteiger partial charge is 0.390 e. The van der Waals surface area contributed by atoms with E-state index in [1.54, 1.807) is 0 Å². The van der Waals surface area contributed by atoms with E-state index < -0.39 is 39.2 Å². The number of hydrogen-bond donors (Lipinski definition) is 7. The van der Waals surface area contributed by atoms with Crippen LogP contribution in [0.25, 0.3) is 0 Å². The molecule has 7 heteroatoms. The van der Waals surface area contributed by atoms with E-state index in [1.807, 2.05) is 54.5 Å². The monoisotopic (exact) mass is 823 g/mol. The van der Waals surface area contributed by atoms with Crippen LogP contribution in [0.3, 0.4) is 0 Å². The van der Waals surface area contributed by atoms with Gasteiger partial charge in [0.1, 0.15) is 0 Å². The first-order chi connectivity index (χ1) is 26.3. The summed E-state index contributed by atoms with van der Waals surface area (Å²) in [4.78, 5) is 0. The molecule has 0 bridgehead atoms. The Morgan fingerprint density at radius 1 is 0.362 bits per heavy atom. The lowest BCUT2D eigenvalue weighted by atomic mass is 9.83. The minimum absolute atomic E-state index is 0.155. The summed E-state index contributed by atoms with van der Waals surface area (Å²) in [6.45, 7) is 27.7. The SMILES string of the molecule is C=CC(C)(C)CC/C=C(\C)CCC[C@](C)(O)CCC[C@](C)(O)CCC[C@](C)(O)CCC[C@](C)(O)CCC[C@](C)(O)CCC[C@](C)(O)CCC[C@](C)(O)CCC=C(C)C. The van der Waals surface area contributed by atoms with E-state index in [4.69, 9.17) is 0 Å². The number of hydrogen-bond acceptors (Lipinski definition) is 7. The predicted octanol–water partition coefficient (Wildman–Crippen LogP) is 12.1. The Morgan fingerprint density at radius 3 is 0.862 bits per heavy atom. The lowest BCUT2D eigenvalue weighted by Gasteiger charge is -2.31. The van der Waals surface area contributed by atoms with Crippen LogP contribution in [0.15, 0.2) is 36.0 Å². The molecule has 7 nitrogen and oxygen atoms in total. The fraction of sp³-hybridized carbons (Fsp3) is 0.882. The van der Waals surface area contributed by atoms with Crippen molar-refractivity contribution in [2.24, 2.45) is 5.41 Å². The van der Waals surface area contributed by atoms with Crippen LogP contribution in [0.4, 0.5) is 0 Å². The van der Waals surface area contributed by atoms with E-state index in [0.717, 1.165) is 51.4 Å². The Kier molecular flexibility index (Phi) is 25.3. The smallest absolute Gasteiger partial charge is 0.0622 e. The topological polar surface area (TPSA) is 142 Å². The molecule has 7 atom stereocenters. The second-order valence-corrected chi connectivity index (χ2v) is 22.1. The standard InChI is InChI=1S/C51H98O7/c1-14-44(5,6)27-16-25-43(4)26-17-29-46(8,53)31-19-33-48(10,55)35-21-37-50(12,57)39-23-41-51(13,58)40-22-38-49(11,56)36-20-34-47(9,54)32-18-30-45(7,52)28-15-24-42(2)3/h14,24-25,52-58H,1,15-23,26-41H2,2-13H3/b43-25+/t45-,46+,47-,48+,49-,50+,51-/m1/s1. The maximum atomic E-state index is 11.1. The summed E-state index contributed by atoms with van der Waals surface area (Å²) in [6, 6.07) is 0. The molecule has 0 heterocycles. The molecule has 7 N–H and O–H groups in total. The number of aliphatic hydroxyl groups is 7. The molecule has 0 saturated carbocycles. The molecule has 0 aliphatic rings. The Balaban J connectivity index is 4.41. The van der Waals surface area contributed by atoms with E-state index in [9.17, 15) is 35.7 Å². The van der Waals surface area contributed by atoms with Crippen LogP contribution in [-0.4, -0.2) is 75.0 Å². The number of allylic oxidation sites excluding steroid dienone is 5. The van der Waals surface area contributed by atoms with Gasteiger partial charge in [-0.2, -0.15) is 0 Å². The van der Waals surface area contributed by atoms with E-state index in [0.29, 0.717) is 109 Å². The average molecular weight is 823 g/mol. The van der Waals surface area contributed by atoms with Crippen LogP contribution < -0.4 is 0 Å².